The number of likely N-dealkylation sites (N-methyl/N-ethyl adjacent to an activating group) is 1. The predicted octanol–water partition coefficient (Wildman–Crippen LogP) is 4.24. The normalized spacial score (nSPS) is 12.3. The van der Waals surface area contributed by atoms with Crippen molar-refractivity contribution in [1.82, 2.24) is 4.90 Å². The first-order valence-corrected chi connectivity index (χ1v) is 9.42. The third-order valence-electron chi connectivity index (χ3n) is 3.66. The maximum atomic E-state index is 9.66. The predicted molar refractivity (Wildman–Crippen MR) is 111 cm³/mol. The third-order valence-corrected chi connectivity index (χ3v) is 3.66. The summed E-state index contributed by atoms with van der Waals surface area (Å²) < 4.78 is 0. The second-order valence-electron chi connectivity index (χ2n) is 6.27. The van der Waals surface area contributed by atoms with Crippen molar-refractivity contribution >= 4 is 0 Å². The number of aromatic hydroxyl groups is 2. The zero-order valence-electron chi connectivity index (χ0n) is 17.1. The van der Waals surface area contributed by atoms with Crippen LogP contribution in [0.15, 0.2) is 48.5 Å². The van der Waals surface area contributed by atoms with E-state index in [1.54, 1.807) is 48.5 Å². The maximum Gasteiger partial charge on any atom is 0.115 e. The molecule has 4 N–H and O–H groups in total. The van der Waals surface area contributed by atoms with Gasteiger partial charge in [0.15, 0.2) is 0 Å². The van der Waals surface area contributed by atoms with Gasteiger partial charge >= 0.3 is 0 Å². The van der Waals surface area contributed by atoms with Gasteiger partial charge in [0.1, 0.15) is 11.5 Å². The number of aliphatic hydroxyl groups excluding tert-OH is 2. The minimum atomic E-state index is -0.490. The Balaban J connectivity index is 0.000000460. The van der Waals surface area contributed by atoms with Crippen molar-refractivity contribution in [3.63, 3.8) is 0 Å². The first-order chi connectivity index (χ1) is 12.8. The Labute approximate surface area is 163 Å². The van der Waals surface area contributed by atoms with E-state index in [0.29, 0.717) is 6.54 Å². The molecule has 0 aliphatic rings. The summed E-state index contributed by atoms with van der Waals surface area (Å²) in [4.78, 5) is 1.91. The number of aliphatic hydroxyl groups is 2. The monoisotopic (exact) mass is 377 g/mol. The number of nitrogens with zero attached hydrogens (tertiary/aromatic N) is 1. The Kier molecular flexibility index (Phi) is 13.0. The molecule has 5 heteroatoms. The minimum absolute atomic E-state index is 0.223. The largest absolute Gasteiger partial charge is 0.508 e. The van der Waals surface area contributed by atoms with Crippen molar-refractivity contribution in [2.45, 2.75) is 45.8 Å². The third kappa shape index (κ3) is 10.6. The van der Waals surface area contributed by atoms with E-state index in [-0.39, 0.29) is 11.5 Å². The van der Waals surface area contributed by atoms with Gasteiger partial charge in [-0.1, -0.05) is 51.5 Å². The molecule has 0 saturated heterocycles. The lowest BCUT2D eigenvalue weighted by atomic mass is 10.1. The van der Waals surface area contributed by atoms with Crippen LogP contribution in [0.25, 0.3) is 0 Å². The molecule has 27 heavy (non-hydrogen) atoms. The van der Waals surface area contributed by atoms with Crippen LogP contribution in [0.3, 0.4) is 0 Å². The van der Waals surface area contributed by atoms with Gasteiger partial charge in [0, 0.05) is 6.54 Å². The van der Waals surface area contributed by atoms with E-state index in [0.717, 1.165) is 24.0 Å². The van der Waals surface area contributed by atoms with Crippen molar-refractivity contribution in [1.29, 1.82) is 0 Å². The molecule has 0 radical (unpaired) electrons. The molecule has 2 aromatic carbocycles. The van der Waals surface area contributed by atoms with Crippen molar-refractivity contribution in [3.8, 4) is 11.5 Å². The zero-order chi connectivity index (χ0) is 20.8. The highest BCUT2D eigenvalue weighted by atomic mass is 16.3. The van der Waals surface area contributed by atoms with Crippen molar-refractivity contribution in [3.05, 3.63) is 59.7 Å². The van der Waals surface area contributed by atoms with Crippen LogP contribution in [0.5, 0.6) is 11.5 Å². The average Bonchev–Trinajstić information content (AvgIpc) is 2.64. The number of benzene rings is 2. The van der Waals surface area contributed by atoms with Crippen LogP contribution in [0.1, 0.15) is 56.9 Å². The molecule has 0 bridgehead atoms. The van der Waals surface area contributed by atoms with Crippen molar-refractivity contribution in [2.24, 2.45) is 0 Å². The summed E-state index contributed by atoms with van der Waals surface area (Å²) in [6.45, 7) is 6.62. The van der Waals surface area contributed by atoms with E-state index in [1.165, 1.54) is 0 Å². The number of phenols is 2. The molecule has 2 atom stereocenters. The molecule has 152 valence electrons. The van der Waals surface area contributed by atoms with Crippen LogP contribution in [0.4, 0.5) is 0 Å². The fourth-order valence-electron chi connectivity index (χ4n) is 2.28. The Bertz CT molecular complexity index is 597. The van der Waals surface area contributed by atoms with E-state index >= 15 is 0 Å². The molecule has 2 unspecified atom stereocenters. The van der Waals surface area contributed by atoms with E-state index in [9.17, 15) is 10.2 Å². The molecule has 0 aromatic heterocycles. The van der Waals surface area contributed by atoms with Gasteiger partial charge in [0.2, 0.25) is 0 Å². The van der Waals surface area contributed by atoms with Gasteiger partial charge in [-0.15, -0.1) is 0 Å². The summed E-state index contributed by atoms with van der Waals surface area (Å²) in [7, 11) is 3.81. The average molecular weight is 378 g/mol. The molecule has 0 saturated carbocycles. The Morgan fingerprint density at radius 2 is 1.11 bits per heavy atom. The number of hydrogen-bond donors (Lipinski definition) is 4. The van der Waals surface area contributed by atoms with Gasteiger partial charge in [0.25, 0.3) is 0 Å². The van der Waals surface area contributed by atoms with Gasteiger partial charge in [-0.3, -0.25) is 0 Å². The summed E-state index contributed by atoms with van der Waals surface area (Å²) in [6, 6.07) is 13.3. The smallest absolute Gasteiger partial charge is 0.115 e. The van der Waals surface area contributed by atoms with Gasteiger partial charge in [-0.05, 0) is 55.9 Å². The first kappa shape index (κ1) is 24.9. The highest BCUT2D eigenvalue weighted by Crippen LogP contribution is 2.20. The van der Waals surface area contributed by atoms with Crippen LogP contribution in [-0.2, 0) is 0 Å². The molecule has 0 amide bonds. The second kappa shape index (κ2) is 14.0. The number of phenolic OH excluding ortho intramolecular Hbond substituents is 2. The molecule has 2 aromatic rings. The van der Waals surface area contributed by atoms with Gasteiger partial charge < -0.3 is 25.3 Å². The van der Waals surface area contributed by atoms with Crippen LogP contribution in [0, 0.1) is 0 Å². The van der Waals surface area contributed by atoms with Gasteiger partial charge in [-0.2, -0.15) is 0 Å². The molecule has 0 spiro atoms. The fraction of sp³-hybridized carbons (Fsp3) is 0.455. The van der Waals surface area contributed by atoms with E-state index < -0.39 is 12.2 Å². The van der Waals surface area contributed by atoms with Gasteiger partial charge in [0.05, 0.1) is 12.2 Å². The molecule has 0 aliphatic heterocycles. The highest BCUT2D eigenvalue weighted by molar-refractivity contribution is 5.28. The molecular formula is C22H35NO4. The van der Waals surface area contributed by atoms with Crippen LogP contribution in [-0.4, -0.2) is 46.0 Å². The lowest BCUT2D eigenvalue weighted by Gasteiger charge is -2.15. The molecule has 2 rings (SSSR count). The standard InChI is InChI=1S/C10H15NO2.C10H14O2.C2H6/c1-11(2)7-10(13)8-3-5-9(12)6-4-8;1-2-3-10(12)8-4-6-9(11)7-5-8;1-2/h3-6,10,12-13H,7H2,1-2H3;4-7,10-12H,2-3H2,1H3;1-2H3. The summed E-state index contributed by atoms with van der Waals surface area (Å²) in [5, 5.41) is 37.2. The molecule has 0 fully saturated rings. The number of rotatable bonds is 6. The van der Waals surface area contributed by atoms with E-state index in [4.69, 9.17) is 10.2 Å². The SMILES string of the molecule is CC.CCCC(O)c1ccc(O)cc1.CN(C)CC(O)c1ccc(O)cc1. The Hall–Kier alpha value is -2.08. The van der Waals surface area contributed by atoms with E-state index in [1.807, 2.05) is 39.8 Å². The summed E-state index contributed by atoms with van der Waals surface area (Å²) in [5.74, 6) is 0.461. The van der Waals surface area contributed by atoms with Crippen molar-refractivity contribution < 1.29 is 20.4 Å². The topological polar surface area (TPSA) is 84.2 Å². The second-order valence-corrected chi connectivity index (χ2v) is 6.27. The zero-order valence-corrected chi connectivity index (χ0v) is 17.1. The first-order valence-electron chi connectivity index (χ1n) is 9.42. The lowest BCUT2D eigenvalue weighted by Crippen LogP contribution is -2.19. The van der Waals surface area contributed by atoms with E-state index in [2.05, 4.69) is 0 Å². The summed E-state index contributed by atoms with van der Waals surface area (Å²) >= 11 is 0. The quantitative estimate of drug-likeness (QED) is 0.605. The summed E-state index contributed by atoms with van der Waals surface area (Å²) in [5.41, 5.74) is 1.70. The van der Waals surface area contributed by atoms with Crippen LogP contribution >= 0.6 is 0 Å². The van der Waals surface area contributed by atoms with Crippen LogP contribution < -0.4 is 0 Å². The molecule has 5 nitrogen and oxygen atoms in total. The summed E-state index contributed by atoms with van der Waals surface area (Å²) in [6.07, 6.45) is 0.846. The molecule has 0 aliphatic carbocycles. The minimum Gasteiger partial charge on any atom is -0.508 e. The number of hydrogen-bond acceptors (Lipinski definition) is 5. The van der Waals surface area contributed by atoms with Crippen LogP contribution in [0.2, 0.25) is 0 Å². The fourth-order valence-corrected chi connectivity index (χ4v) is 2.28. The van der Waals surface area contributed by atoms with Crippen molar-refractivity contribution in [2.75, 3.05) is 20.6 Å². The maximum absolute atomic E-state index is 9.66. The Morgan fingerprint density at radius 1 is 0.741 bits per heavy atom. The Morgan fingerprint density at radius 3 is 1.44 bits per heavy atom. The lowest BCUT2D eigenvalue weighted by molar-refractivity contribution is 0.138. The molecule has 0 heterocycles. The highest BCUT2D eigenvalue weighted by Gasteiger charge is 2.07. The molecular weight excluding hydrogens is 342 g/mol. The van der Waals surface area contributed by atoms with Gasteiger partial charge in [-0.25, -0.2) is 0 Å².